The van der Waals surface area contributed by atoms with E-state index in [1.54, 1.807) is 12.1 Å². The predicted octanol–water partition coefficient (Wildman–Crippen LogP) is 1.88. The molecule has 0 aliphatic heterocycles. The zero-order chi connectivity index (χ0) is 12.8. The average Bonchev–Trinajstić information content (AvgIpc) is 2.28. The molecular weight excluding hydrogens is 224 g/mol. The molecule has 5 nitrogen and oxygen atoms in total. The molecule has 1 aromatic rings. The minimum absolute atomic E-state index is 0.0934. The highest BCUT2D eigenvalue weighted by Crippen LogP contribution is 2.21. The van der Waals surface area contributed by atoms with E-state index in [9.17, 15) is 9.59 Å². The summed E-state index contributed by atoms with van der Waals surface area (Å²) < 4.78 is 5.03. The number of methoxy groups -OCH3 is 1. The molecule has 0 aromatic heterocycles. The summed E-state index contributed by atoms with van der Waals surface area (Å²) in [5.41, 5.74) is 0.760. The van der Waals surface area contributed by atoms with Crippen molar-refractivity contribution in [1.82, 2.24) is 0 Å². The average molecular weight is 236 g/mol. The molecule has 0 spiro atoms. The molecule has 5 heteroatoms. The van der Waals surface area contributed by atoms with E-state index in [0.29, 0.717) is 11.3 Å². The summed E-state index contributed by atoms with van der Waals surface area (Å²) in [7, 11) is 1.43. The number of hydrogen-bond acceptors (Lipinski definition) is 3. The van der Waals surface area contributed by atoms with Crippen LogP contribution in [0.4, 0.5) is 0 Å². The van der Waals surface area contributed by atoms with Gasteiger partial charge in [-0.1, -0.05) is 18.2 Å². The molecule has 0 saturated carbocycles. The Labute approximate surface area is 98.0 Å². The molecule has 2 N–H and O–H groups in total. The van der Waals surface area contributed by atoms with Gasteiger partial charge in [-0.05, 0) is 12.1 Å². The fourth-order valence-electron chi connectivity index (χ4n) is 1.27. The third-order valence-corrected chi connectivity index (χ3v) is 2.07. The number of hydrogen-bond donors (Lipinski definition) is 2. The van der Waals surface area contributed by atoms with Crippen LogP contribution in [0.15, 0.2) is 24.3 Å². The van der Waals surface area contributed by atoms with Gasteiger partial charge in [0.05, 0.1) is 19.1 Å². The van der Waals surface area contributed by atoms with E-state index < -0.39 is 11.9 Å². The van der Waals surface area contributed by atoms with E-state index in [2.05, 4.69) is 0 Å². The fraction of sp³-hybridized carbons (Fsp3) is 0.167. The summed E-state index contributed by atoms with van der Waals surface area (Å²) in [6.45, 7) is 0. The normalized spacial score (nSPS) is 10.4. The summed E-state index contributed by atoms with van der Waals surface area (Å²) in [5, 5.41) is 17.3. The van der Waals surface area contributed by atoms with Crippen molar-refractivity contribution in [2.45, 2.75) is 6.42 Å². The molecule has 90 valence electrons. The van der Waals surface area contributed by atoms with Crippen molar-refractivity contribution in [2.24, 2.45) is 0 Å². The van der Waals surface area contributed by atoms with E-state index >= 15 is 0 Å². The zero-order valence-corrected chi connectivity index (χ0v) is 9.21. The number of aromatic carboxylic acids is 1. The number of carboxylic acid groups (broad SMARTS) is 2. The van der Waals surface area contributed by atoms with Gasteiger partial charge in [0.1, 0.15) is 5.75 Å². The molecular formula is C12H12O5. The van der Waals surface area contributed by atoms with Crippen LogP contribution in [-0.4, -0.2) is 29.3 Å². The SMILES string of the molecule is COc1cc(C(=O)O)ccc1C=CCC(=O)O. The third kappa shape index (κ3) is 3.64. The van der Waals surface area contributed by atoms with Crippen LogP contribution in [0.25, 0.3) is 6.08 Å². The Balaban J connectivity index is 2.96. The Kier molecular flexibility index (Phi) is 4.28. The van der Waals surface area contributed by atoms with Crippen LogP contribution in [-0.2, 0) is 4.79 Å². The molecule has 1 rings (SSSR count). The number of carbonyl (C=O) groups is 2. The zero-order valence-electron chi connectivity index (χ0n) is 9.21. The monoisotopic (exact) mass is 236 g/mol. The third-order valence-electron chi connectivity index (χ3n) is 2.07. The Bertz CT molecular complexity index is 462. The van der Waals surface area contributed by atoms with Crippen molar-refractivity contribution in [2.75, 3.05) is 7.11 Å². The summed E-state index contributed by atoms with van der Waals surface area (Å²) >= 11 is 0. The lowest BCUT2D eigenvalue weighted by Gasteiger charge is -2.05. The summed E-state index contributed by atoms with van der Waals surface area (Å²) in [6, 6.07) is 4.40. The molecule has 0 heterocycles. The quantitative estimate of drug-likeness (QED) is 0.815. The molecule has 0 aliphatic carbocycles. The molecule has 0 fully saturated rings. The van der Waals surface area contributed by atoms with Gasteiger partial charge in [0.25, 0.3) is 0 Å². The predicted molar refractivity (Wildman–Crippen MR) is 61.2 cm³/mol. The fourth-order valence-corrected chi connectivity index (χ4v) is 1.27. The molecule has 0 saturated heterocycles. The molecule has 1 aromatic carbocycles. The lowest BCUT2D eigenvalue weighted by Crippen LogP contribution is -1.98. The molecule has 0 amide bonds. The number of rotatable bonds is 5. The minimum Gasteiger partial charge on any atom is -0.496 e. The van der Waals surface area contributed by atoms with Crippen molar-refractivity contribution in [3.8, 4) is 5.75 Å². The van der Waals surface area contributed by atoms with Gasteiger partial charge in [0, 0.05) is 5.56 Å². The van der Waals surface area contributed by atoms with E-state index in [1.807, 2.05) is 0 Å². The van der Waals surface area contributed by atoms with Gasteiger partial charge in [0.2, 0.25) is 0 Å². The van der Waals surface area contributed by atoms with Crippen LogP contribution in [0.5, 0.6) is 5.75 Å². The van der Waals surface area contributed by atoms with Gasteiger partial charge in [-0.15, -0.1) is 0 Å². The Morgan fingerprint density at radius 3 is 2.59 bits per heavy atom. The molecule has 0 atom stereocenters. The smallest absolute Gasteiger partial charge is 0.335 e. The number of benzene rings is 1. The topological polar surface area (TPSA) is 83.8 Å². The highest BCUT2D eigenvalue weighted by atomic mass is 16.5. The minimum atomic E-state index is -1.04. The van der Waals surface area contributed by atoms with Crippen LogP contribution in [0.1, 0.15) is 22.3 Å². The van der Waals surface area contributed by atoms with Crippen molar-refractivity contribution >= 4 is 18.0 Å². The van der Waals surface area contributed by atoms with Crippen LogP contribution in [0, 0.1) is 0 Å². The first-order chi connectivity index (χ1) is 8.04. The van der Waals surface area contributed by atoms with Crippen molar-refractivity contribution in [3.05, 3.63) is 35.4 Å². The number of ether oxygens (including phenoxy) is 1. The molecule has 17 heavy (non-hydrogen) atoms. The van der Waals surface area contributed by atoms with Crippen LogP contribution in [0.2, 0.25) is 0 Å². The largest absolute Gasteiger partial charge is 0.496 e. The van der Waals surface area contributed by atoms with Gasteiger partial charge < -0.3 is 14.9 Å². The maximum Gasteiger partial charge on any atom is 0.335 e. The molecule has 0 aliphatic rings. The van der Waals surface area contributed by atoms with Crippen molar-refractivity contribution < 1.29 is 24.5 Å². The maximum absolute atomic E-state index is 10.7. The molecule has 0 unspecified atom stereocenters. The second-order valence-electron chi connectivity index (χ2n) is 3.26. The van der Waals surface area contributed by atoms with Crippen molar-refractivity contribution in [3.63, 3.8) is 0 Å². The van der Waals surface area contributed by atoms with Crippen LogP contribution < -0.4 is 4.74 Å². The lowest BCUT2D eigenvalue weighted by molar-refractivity contribution is -0.135. The first-order valence-corrected chi connectivity index (χ1v) is 4.84. The van der Waals surface area contributed by atoms with Gasteiger partial charge in [0.15, 0.2) is 0 Å². The molecule has 0 bridgehead atoms. The Morgan fingerprint density at radius 2 is 2.06 bits per heavy atom. The van der Waals surface area contributed by atoms with Gasteiger partial charge in [-0.2, -0.15) is 0 Å². The highest BCUT2D eigenvalue weighted by molar-refractivity contribution is 5.88. The summed E-state index contributed by atoms with van der Waals surface area (Å²) in [6.07, 6.45) is 2.96. The highest BCUT2D eigenvalue weighted by Gasteiger charge is 2.07. The first-order valence-electron chi connectivity index (χ1n) is 4.84. The maximum atomic E-state index is 10.7. The second-order valence-corrected chi connectivity index (χ2v) is 3.26. The number of carboxylic acids is 2. The van der Waals surface area contributed by atoms with Crippen LogP contribution in [0.3, 0.4) is 0 Å². The Morgan fingerprint density at radius 1 is 1.35 bits per heavy atom. The number of aliphatic carboxylic acids is 1. The first kappa shape index (κ1) is 12.8. The lowest BCUT2D eigenvalue weighted by atomic mass is 10.1. The Hall–Kier alpha value is -2.30. The van der Waals surface area contributed by atoms with E-state index in [-0.39, 0.29) is 12.0 Å². The van der Waals surface area contributed by atoms with Crippen molar-refractivity contribution in [1.29, 1.82) is 0 Å². The van der Waals surface area contributed by atoms with E-state index in [1.165, 1.54) is 25.3 Å². The standard InChI is InChI=1S/C12H12O5/c1-17-10-7-9(12(15)16)6-5-8(10)3-2-4-11(13)14/h2-3,5-7H,4H2,1H3,(H,13,14)(H,15,16). The van der Waals surface area contributed by atoms with Gasteiger partial charge in [-0.3, -0.25) is 4.79 Å². The van der Waals surface area contributed by atoms with E-state index in [4.69, 9.17) is 14.9 Å². The van der Waals surface area contributed by atoms with E-state index in [0.717, 1.165) is 0 Å². The van der Waals surface area contributed by atoms with Gasteiger partial charge >= 0.3 is 11.9 Å². The van der Waals surface area contributed by atoms with Crippen LogP contribution >= 0.6 is 0 Å². The van der Waals surface area contributed by atoms with Gasteiger partial charge in [-0.25, -0.2) is 4.79 Å². The summed E-state index contributed by atoms with van der Waals surface area (Å²) in [5.74, 6) is -1.57. The summed E-state index contributed by atoms with van der Waals surface area (Å²) in [4.78, 5) is 21.1. The molecule has 0 radical (unpaired) electrons. The second kappa shape index (κ2) is 5.69.